The molecule has 0 N–H and O–H groups in total. The zero-order valence-electron chi connectivity index (χ0n) is 14.2. The van der Waals surface area contributed by atoms with Crippen molar-refractivity contribution in [3.05, 3.63) is 78.1 Å². The number of hydrogen-bond donors (Lipinski definition) is 0. The van der Waals surface area contributed by atoms with Gasteiger partial charge in [0.15, 0.2) is 11.3 Å². The summed E-state index contributed by atoms with van der Waals surface area (Å²) < 4.78 is 49.3. The summed E-state index contributed by atoms with van der Waals surface area (Å²) >= 11 is 0. The molecular weight excluding hydrogens is 369 g/mol. The molecule has 0 bridgehead atoms. The maximum Gasteiger partial charge on any atom is 0.339 e. The van der Waals surface area contributed by atoms with E-state index in [-0.39, 0.29) is 16.5 Å². The van der Waals surface area contributed by atoms with Crippen molar-refractivity contribution in [2.45, 2.75) is 11.8 Å². The van der Waals surface area contributed by atoms with Crippen LogP contribution >= 0.6 is 0 Å². The number of nitrogens with zero attached hydrogens (tertiary/aromatic N) is 1. The van der Waals surface area contributed by atoms with Crippen LogP contribution in [-0.4, -0.2) is 13.4 Å². The second kappa shape index (κ2) is 6.51. The highest BCUT2D eigenvalue weighted by molar-refractivity contribution is 7.87. The molecule has 3 aromatic carbocycles. The topological polar surface area (TPSA) is 69.4 Å². The summed E-state index contributed by atoms with van der Waals surface area (Å²) in [6.45, 7) is 1.87. The number of rotatable bonds is 4. The molecule has 0 radical (unpaired) electrons. The minimum absolute atomic E-state index is 0.0801. The van der Waals surface area contributed by atoms with Gasteiger partial charge in [-0.3, -0.25) is 0 Å². The first-order chi connectivity index (χ1) is 12.9. The largest absolute Gasteiger partial charge is 0.436 e. The van der Waals surface area contributed by atoms with Gasteiger partial charge < -0.3 is 8.60 Å². The van der Waals surface area contributed by atoms with Gasteiger partial charge in [-0.25, -0.2) is 9.37 Å². The van der Waals surface area contributed by atoms with Gasteiger partial charge in [0, 0.05) is 0 Å². The Labute approximate surface area is 155 Å². The number of hydrogen-bond acceptors (Lipinski definition) is 5. The van der Waals surface area contributed by atoms with E-state index in [1.807, 2.05) is 19.1 Å². The van der Waals surface area contributed by atoms with Crippen LogP contribution in [0.4, 0.5) is 4.39 Å². The molecule has 0 aliphatic heterocycles. The molecule has 1 aromatic heterocycles. The molecule has 0 unspecified atom stereocenters. The van der Waals surface area contributed by atoms with E-state index < -0.39 is 15.9 Å². The molecule has 0 amide bonds. The summed E-state index contributed by atoms with van der Waals surface area (Å²) in [6.07, 6.45) is 0. The summed E-state index contributed by atoms with van der Waals surface area (Å²) in [4.78, 5) is 4.26. The van der Waals surface area contributed by atoms with E-state index in [4.69, 9.17) is 8.60 Å². The van der Waals surface area contributed by atoms with Gasteiger partial charge in [0.1, 0.15) is 16.2 Å². The van der Waals surface area contributed by atoms with Crippen molar-refractivity contribution in [1.82, 2.24) is 4.98 Å². The average Bonchev–Trinajstić information content (AvgIpc) is 3.07. The summed E-state index contributed by atoms with van der Waals surface area (Å²) in [6, 6.07) is 16.7. The lowest BCUT2D eigenvalue weighted by Gasteiger charge is -2.10. The lowest BCUT2D eigenvalue weighted by atomic mass is 10.1. The normalized spacial score (nSPS) is 11.6. The van der Waals surface area contributed by atoms with E-state index in [0.29, 0.717) is 16.7 Å². The molecule has 4 aromatic rings. The standard InChI is InChI=1S/C20H14FNO4S/c1-13-6-11-18(26-27(23,24)15-9-7-14(21)8-10-15)16(12-13)20-22-17-4-2-3-5-19(17)25-20/h2-12H,1H3. The maximum absolute atomic E-state index is 13.1. The second-order valence-corrected chi connectivity index (χ2v) is 7.52. The lowest BCUT2D eigenvalue weighted by molar-refractivity contribution is 0.485. The van der Waals surface area contributed by atoms with Crippen LogP contribution in [0.15, 0.2) is 76.0 Å². The maximum atomic E-state index is 13.1. The number of halogens is 1. The third kappa shape index (κ3) is 3.41. The molecule has 0 spiro atoms. The van der Waals surface area contributed by atoms with E-state index >= 15 is 0 Å². The molecule has 0 fully saturated rings. The number of oxazole rings is 1. The third-order valence-corrected chi connectivity index (χ3v) is 5.21. The molecule has 5 nitrogen and oxygen atoms in total. The SMILES string of the molecule is Cc1ccc(OS(=O)(=O)c2ccc(F)cc2)c(-c2nc3ccccc3o2)c1. The van der Waals surface area contributed by atoms with E-state index in [2.05, 4.69) is 4.98 Å². The summed E-state index contributed by atoms with van der Waals surface area (Å²) in [5.74, 6) is -0.197. The predicted octanol–water partition coefficient (Wildman–Crippen LogP) is 4.71. The first-order valence-corrected chi connectivity index (χ1v) is 9.50. The van der Waals surface area contributed by atoms with Gasteiger partial charge in [-0.05, 0) is 55.5 Å². The van der Waals surface area contributed by atoms with Crippen LogP contribution in [0, 0.1) is 12.7 Å². The molecule has 0 saturated heterocycles. The van der Waals surface area contributed by atoms with E-state index in [1.165, 1.54) is 0 Å². The number of aryl methyl sites for hydroxylation is 1. The molecule has 0 saturated carbocycles. The number of para-hydroxylation sites is 2. The number of fused-ring (bicyclic) bond motifs is 1. The van der Waals surface area contributed by atoms with Gasteiger partial charge in [0.05, 0.1) is 5.56 Å². The Morgan fingerprint density at radius 2 is 1.74 bits per heavy atom. The van der Waals surface area contributed by atoms with Crippen LogP contribution in [-0.2, 0) is 10.1 Å². The molecule has 1 heterocycles. The highest BCUT2D eigenvalue weighted by atomic mass is 32.2. The van der Waals surface area contributed by atoms with Crippen molar-refractivity contribution < 1.29 is 21.4 Å². The average molecular weight is 383 g/mol. The summed E-state index contributed by atoms with van der Waals surface area (Å²) in [5, 5.41) is 0. The number of aromatic nitrogens is 1. The highest BCUT2D eigenvalue weighted by Crippen LogP contribution is 2.34. The first kappa shape index (κ1) is 17.2. The zero-order chi connectivity index (χ0) is 19.0. The third-order valence-electron chi connectivity index (χ3n) is 3.96. The smallest absolute Gasteiger partial charge is 0.339 e. The number of benzene rings is 3. The van der Waals surface area contributed by atoms with Crippen LogP contribution in [0.5, 0.6) is 5.75 Å². The fourth-order valence-corrected chi connectivity index (χ4v) is 3.59. The van der Waals surface area contributed by atoms with Crippen molar-refractivity contribution in [3.8, 4) is 17.2 Å². The Morgan fingerprint density at radius 1 is 1.00 bits per heavy atom. The summed E-state index contributed by atoms with van der Waals surface area (Å²) in [7, 11) is -4.14. The van der Waals surface area contributed by atoms with Crippen LogP contribution in [0.25, 0.3) is 22.6 Å². The fourth-order valence-electron chi connectivity index (χ4n) is 2.64. The van der Waals surface area contributed by atoms with Crippen LogP contribution in [0.2, 0.25) is 0 Å². The van der Waals surface area contributed by atoms with Crippen LogP contribution < -0.4 is 4.18 Å². The fraction of sp³-hybridized carbons (Fsp3) is 0.0500. The Bertz CT molecular complexity index is 1200. The Balaban J connectivity index is 1.78. The molecular formula is C20H14FNO4S. The molecule has 0 aliphatic carbocycles. The first-order valence-electron chi connectivity index (χ1n) is 8.09. The van der Waals surface area contributed by atoms with Gasteiger partial charge in [-0.2, -0.15) is 8.42 Å². The Morgan fingerprint density at radius 3 is 2.48 bits per heavy atom. The summed E-state index contributed by atoms with van der Waals surface area (Å²) in [5.41, 5.74) is 2.54. The van der Waals surface area contributed by atoms with Crippen molar-refractivity contribution in [1.29, 1.82) is 0 Å². The molecule has 136 valence electrons. The molecule has 7 heteroatoms. The van der Waals surface area contributed by atoms with Crippen LogP contribution in [0.1, 0.15) is 5.56 Å². The van der Waals surface area contributed by atoms with Gasteiger partial charge in [0.25, 0.3) is 0 Å². The van der Waals surface area contributed by atoms with Crippen molar-refractivity contribution in [2.75, 3.05) is 0 Å². The molecule has 4 rings (SSSR count). The molecule has 0 aliphatic rings. The lowest BCUT2D eigenvalue weighted by Crippen LogP contribution is -2.10. The second-order valence-electron chi connectivity index (χ2n) is 5.98. The molecule has 27 heavy (non-hydrogen) atoms. The predicted molar refractivity (Wildman–Crippen MR) is 98.4 cm³/mol. The van der Waals surface area contributed by atoms with Crippen molar-refractivity contribution in [2.24, 2.45) is 0 Å². The molecule has 0 atom stereocenters. The zero-order valence-corrected chi connectivity index (χ0v) is 15.0. The van der Waals surface area contributed by atoms with Crippen LogP contribution in [0.3, 0.4) is 0 Å². The van der Waals surface area contributed by atoms with E-state index in [1.54, 1.807) is 30.3 Å². The minimum Gasteiger partial charge on any atom is -0.436 e. The van der Waals surface area contributed by atoms with Gasteiger partial charge in [0.2, 0.25) is 5.89 Å². The van der Waals surface area contributed by atoms with Gasteiger partial charge in [-0.1, -0.05) is 23.8 Å². The Hall–Kier alpha value is -3.19. The Kier molecular flexibility index (Phi) is 4.16. The highest BCUT2D eigenvalue weighted by Gasteiger charge is 2.21. The van der Waals surface area contributed by atoms with Crippen molar-refractivity contribution >= 4 is 21.2 Å². The van der Waals surface area contributed by atoms with Gasteiger partial charge >= 0.3 is 10.1 Å². The van der Waals surface area contributed by atoms with Gasteiger partial charge in [-0.15, -0.1) is 0 Å². The van der Waals surface area contributed by atoms with E-state index in [9.17, 15) is 12.8 Å². The monoisotopic (exact) mass is 383 g/mol. The minimum atomic E-state index is -4.14. The quantitative estimate of drug-likeness (QED) is 0.477. The van der Waals surface area contributed by atoms with E-state index in [0.717, 1.165) is 29.8 Å². The van der Waals surface area contributed by atoms with Crippen molar-refractivity contribution in [3.63, 3.8) is 0 Å².